The summed E-state index contributed by atoms with van der Waals surface area (Å²) in [4.78, 5) is 23.5. The molecule has 0 fully saturated rings. The first-order valence-electron chi connectivity index (χ1n) is 6.33. The molecule has 0 aliphatic heterocycles. The molecule has 0 aromatic heterocycles. The van der Waals surface area contributed by atoms with Crippen LogP contribution in [0.3, 0.4) is 0 Å². The molecule has 0 heterocycles. The van der Waals surface area contributed by atoms with Crippen LogP contribution in [0.15, 0.2) is 6.07 Å². The van der Waals surface area contributed by atoms with E-state index in [1.54, 1.807) is 0 Å². The van der Waals surface area contributed by atoms with Gasteiger partial charge in [-0.2, -0.15) is 0 Å². The van der Waals surface area contributed by atoms with Gasteiger partial charge in [-0.15, -0.1) is 5.54 Å². The van der Waals surface area contributed by atoms with E-state index in [1.807, 2.05) is 0 Å². The van der Waals surface area contributed by atoms with Gasteiger partial charge < -0.3 is 10.5 Å². The lowest BCUT2D eigenvalue weighted by atomic mass is 10.0. The number of methoxy groups -OCH3 is 1. The maximum Gasteiger partial charge on any atom is 0.339 e. The van der Waals surface area contributed by atoms with Crippen molar-refractivity contribution < 1.29 is 14.3 Å². The summed E-state index contributed by atoms with van der Waals surface area (Å²) in [5.41, 5.74) is 9.94. The minimum Gasteiger partial charge on any atom is -0.465 e. The Hall–Kier alpha value is -1.77. The summed E-state index contributed by atoms with van der Waals surface area (Å²) in [6.07, 6.45) is 0. The fraction of sp³-hybridized carbons (Fsp3) is 0.333. The summed E-state index contributed by atoms with van der Waals surface area (Å²) in [7, 11) is -0.414. The van der Waals surface area contributed by atoms with Gasteiger partial charge in [-0.1, -0.05) is 37.2 Å². The van der Waals surface area contributed by atoms with Crippen LogP contribution in [-0.2, 0) is 4.74 Å². The average Bonchev–Trinajstić information content (AvgIpc) is 2.36. The first kappa shape index (κ1) is 17.3. The summed E-state index contributed by atoms with van der Waals surface area (Å²) in [6, 6.07) is 1.35. The van der Waals surface area contributed by atoms with Gasteiger partial charge in [-0.25, -0.2) is 4.79 Å². The quantitative estimate of drug-likeness (QED) is 0.298. The summed E-state index contributed by atoms with van der Waals surface area (Å²) in [5, 5.41) is 0.120. The van der Waals surface area contributed by atoms with Gasteiger partial charge in [0.1, 0.15) is 8.07 Å². The van der Waals surface area contributed by atoms with Gasteiger partial charge in [0, 0.05) is 5.56 Å². The molecule has 21 heavy (non-hydrogen) atoms. The van der Waals surface area contributed by atoms with E-state index in [2.05, 4.69) is 35.8 Å². The Kier molecular flexibility index (Phi) is 5.21. The molecule has 1 aromatic rings. The minimum absolute atomic E-state index is 0.0958. The van der Waals surface area contributed by atoms with Gasteiger partial charge in [-0.05, 0) is 13.0 Å². The molecule has 6 heteroatoms. The number of nitrogen functional groups attached to an aromatic ring is 1. The van der Waals surface area contributed by atoms with E-state index in [9.17, 15) is 9.59 Å². The van der Waals surface area contributed by atoms with Crippen LogP contribution in [0.25, 0.3) is 0 Å². The zero-order chi connectivity index (χ0) is 16.4. The highest BCUT2D eigenvalue weighted by Gasteiger charge is 2.21. The molecule has 0 radical (unpaired) electrons. The second kappa shape index (κ2) is 6.33. The van der Waals surface area contributed by atoms with Crippen molar-refractivity contribution in [3.05, 3.63) is 27.8 Å². The van der Waals surface area contributed by atoms with Crippen LogP contribution >= 0.6 is 11.6 Å². The van der Waals surface area contributed by atoms with Crippen LogP contribution in [-0.4, -0.2) is 26.9 Å². The summed E-state index contributed by atoms with van der Waals surface area (Å²) in [5.74, 6) is 2.05. The molecule has 4 nitrogen and oxygen atoms in total. The Balaban J connectivity index is 3.68. The lowest BCUT2D eigenvalue weighted by molar-refractivity contribution is 0.0601. The normalized spacial score (nSPS) is 10.6. The highest BCUT2D eigenvalue weighted by atomic mass is 35.5. The predicted molar refractivity (Wildman–Crippen MR) is 87.4 cm³/mol. The number of nitrogens with two attached hydrogens (primary N) is 1. The van der Waals surface area contributed by atoms with E-state index in [0.717, 1.165) is 0 Å². The van der Waals surface area contributed by atoms with Crippen molar-refractivity contribution in [1.82, 2.24) is 0 Å². The van der Waals surface area contributed by atoms with Crippen LogP contribution < -0.4 is 5.73 Å². The van der Waals surface area contributed by atoms with Gasteiger partial charge in [0.15, 0.2) is 5.78 Å². The Morgan fingerprint density at radius 2 is 1.86 bits per heavy atom. The van der Waals surface area contributed by atoms with E-state index in [4.69, 9.17) is 17.3 Å². The summed E-state index contributed by atoms with van der Waals surface area (Å²) >= 11 is 6.21. The van der Waals surface area contributed by atoms with Crippen molar-refractivity contribution in [1.29, 1.82) is 0 Å². The number of halogens is 1. The highest BCUT2D eigenvalue weighted by Crippen LogP contribution is 2.30. The van der Waals surface area contributed by atoms with Gasteiger partial charge in [-0.3, -0.25) is 4.79 Å². The zero-order valence-corrected chi connectivity index (χ0v) is 14.5. The molecule has 2 N–H and O–H groups in total. The second-order valence-corrected chi connectivity index (χ2v) is 10.8. The zero-order valence-electron chi connectivity index (χ0n) is 12.8. The number of anilines is 1. The van der Waals surface area contributed by atoms with Crippen molar-refractivity contribution in [3.63, 3.8) is 0 Å². The number of ether oxygens (including phenoxy) is 1. The van der Waals surface area contributed by atoms with Crippen LogP contribution in [0.5, 0.6) is 0 Å². The van der Waals surface area contributed by atoms with Crippen LogP contribution in [0.4, 0.5) is 5.69 Å². The molecule has 0 unspecified atom stereocenters. The highest BCUT2D eigenvalue weighted by molar-refractivity contribution is 6.83. The number of Topliss-reactive ketones (excluding diaryl/α,β-unsaturated/α-hetero) is 1. The topological polar surface area (TPSA) is 69.4 Å². The van der Waals surface area contributed by atoms with Crippen LogP contribution in [0.2, 0.25) is 24.7 Å². The Morgan fingerprint density at radius 3 is 2.29 bits per heavy atom. The molecule has 0 spiro atoms. The molecule has 0 aliphatic rings. The van der Waals surface area contributed by atoms with Gasteiger partial charge in [0.05, 0.1) is 28.9 Å². The smallest absolute Gasteiger partial charge is 0.339 e. The molecule has 0 saturated heterocycles. The van der Waals surface area contributed by atoms with E-state index >= 15 is 0 Å². The lowest BCUT2D eigenvalue weighted by Crippen LogP contribution is -2.17. The number of benzene rings is 1. The SMILES string of the molecule is COC(=O)c1cc(C(C)=O)c(N)c(C#C[Si](C)(C)C)c1Cl. The fourth-order valence-electron chi connectivity index (χ4n) is 1.59. The Bertz CT molecular complexity index is 666. The monoisotopic (exact) mass is 323 g/mol. The maximum absolute atomic E-state index is 11.8. The average molecular weight is 324 g/mol. The number of carbonyl (C=O) groups excluding carboxylic acids is 2. The Labute approximate surface area is 130 Å². The van der Waals surface area contributed by atoms with Crippen molar-refractivity contribution in [2.24, 2.45) is 0 Å². The first-order chi connectivity index (χ1) is 9.58. The molecular weight excluding hydrogens is 306 g/mol. The number of ketones is 1. The van der Waals surface area contributed by atoms with E-state index < -0.39 is 14.0 Å². The van der Waals surface area contributed by atoms with Crippen molar-refractivity contribution in [3.8, 4) is 11.5 Å². The van der Waals surface area contributed by atoms with Gasteiger partial charge in [0.25, 0.3) is 0 Å². The largest absolute Gasteiger partial charge is 0.465 e. The number of hydrogen-bond acceptors (Lipinski definition) is 4. The fourth-order valence-corrected chi connectivity index (χ4v) is 2.38. The molecule has 112 valence electrons. The summed E-state index contributed by atoms with van der Waals surface area (Å²) < 4.78 is 4.68. The number of esters is 1. The second-order valence-electron chi connectivity index (χ2n) is 5.62. The maximum atomic E-state index is 11.8. The van der Waals surface area contributed by atoms with E-state index in [-0.39, 0.29) is 27.6 Å². The lowest BCUT2D eigenvalue weighted by Gasteiger charge is -2.12. The summed E-state index contributed by atoms with van der Waals surface area (Å²) in [6.45, 7) is 7.58. The molecule has 0 atom stereocenters. The van der Waals surface area contributed by atoms with Crippen LogP contribution in [0.1, 0.15) is 33.2 Å². The molecule has 1 aromatic carbocycles. The number of rotatable bonds is 2. The van der Waals surface area contributed by atoms with Gasteiger partial charge in [0.2, 0.25) is 0 Å². The van der Waals surface area contributed by atoms with Crippen molar-refractivity contribution >= 4 is 37.1 Å². The molecular formula is C15H18ClNO3Si. The first-order valence-corrected chi connectivity index (χ1v) is 10.2. The number of carbonyl (C=O) groups is 2. The Morgan fingerprint density at radius 1 is 1.29 bits per heavy atom. The van der Waals surface area contributed by atoms with Crippen LogP contribution in [0, 0.1) is 11.5 Å². The van der Waals surface area contributed by atoms with E-state index in [1.165, 1.54) is 20.1 Å². The minimum atomic E-state index is -1.66. The molecule has 0 amide bonds. The number of hydrogen-bond donors (Lipinski definition) is 1. The van der Waals surface area contributed by atoms with Crippen molar-refractivity contribution in [2.75, 3.05) is 12.8 Å². The van der Waals surface area contributed by atoms with Gasteiger partial charge >= 0.3 is 5.97 Å². The standard InChI is InChI=1S/C15H18ClNO3Si/c1-9(18)11-8-12(15(19)20-2)13(16)10(14(11)17)6-7-21(3,4)5/h8H,17H2,1-5H3. The third kappa shape index (κ3) is 4.10. The van der Waals surface area contributed by atoms with Crippen molar-refractivity contribution in [2.45, 2.75) is 26.6 Å². The predicted octanol–water partition coefficient (Wildman–Crippen LogP) is 3.14. The molecule has 1 rings (SSSR count). The third-order valence-corrected chi connectivity index (χ3v) is 3.92. The third-order valence-electron chi connectivity index (χ3n) is 2.65. The molecule has 0 bridgehead atoms. The molecule has 0 saturated carbocycles. The van der Waals surface area contributed by atoms with E-state index in [0.29, 0.717) is 5.56 Å². The molecule has 0 aliphatic carbocycles.